The van der Waals surface area contributed by atoms with Gasteiger partial charge in [-0.25, -0.2) is 9.59 Å². The van der Waals surface area contributed by atoms with Gasteiger partial charge in [-0.1, -0.05) is 19.3 Å². The van der Waals surface area contributed by atoms with Crippen LogP contribution in [0.2, 0.25) is 0 Å². The lowest BCUT2D eigenvalue weighted by Crippen LogP contribution is -2.55. The number of carbonyl (C=O) groups is 3. The summed E-state index contributed by atoms with van der Waals surface area (Å²) in [6.07, 6.45) is 7.85. The number of piperidine rings is 1. The Morgan fingerprint density at radius 1 is 1.00 bits per heavy atom. The number of nitrogens with zero attached hydrogens (tertiary/aromatic N) is 1. The van der Waals surface area contributed by atoms with E-state index in [0.29, 0.717) is 12.8 Å². The molecule has 7 heteroatoms. The highest BCUT2D eigenvalue weighted by molar-refractivity contribution is 5.81. The summed E-state index contributed by atoms with van der Waals surface area (Å²) in [5.74, 6) is -0.804. The van der Waals surface area contributed by atoms with Crippen LogP contribution >= 0.6 is 0 Å². The zero-order valence-electron chi connectivity index (χ0n) is 17.3. The zero-order valence-corrected chi connectivity index (χ0v) is 17.3. The third kappa shape index (κ3) is 4.78. The van der Waals surface area contributed by atoms with E-state index in [2.05, 4.69) is 10.2 Å². The summed E-state index contributed by atoms with van der Waals surface area (Å²) in [4.78, 5) is 39.1. The van der Waals surface area contributed by atoms with Gasteiger partial charge in [0, 0.05) is 18.0 Å². The molecule has 2 heterocycles. The molecule has 2 bridgehead atoms. The van der Waals surface area contributed by atoms with Crippen molar-refractivity contribution in [2.75, 3.05) is 0 Å². The lowest BCUT2D eigenvalue weighted by Gasteiger charge is -2.42. The molecule has 3 aliphatic rings. The SMILES string of the molecule is CC(C)(C)OC(=O)N[C@H](C(=O)O)C1CC2CCC(C1)N2C(=O)C1CCCCC1. The molecular formula is C21H34N2O5. The second-order valence-electron chi connectivity index (χ2n) is 9.66. The van der Waals surface area contributed by atoms with Gasteiger partial charge in [-0.15, -0.1) is 0 Å². The van der Waals surface area contributed by atoms with Gasteiger partial charge in [0.05, 0.1) is 0 Å². The molecule has 1 saturated carbocycles. The van der Waals surface area contributed by atoms with Crippen LogP contribution in [0.5, 0.6) is 0 Å². The minimum absolute atomic E-state index is 0.0977. The van der Waals surface area contributed by atoms with Crippen molar-refractivity contribution in [2.45, 2.75) is 102 Å². The number of rotatable bonds is 4. The first kappa shape index (κ1) is 20.9. The fourth-order valence-corrected chi connectivity index (χ4v) is 5.23. The van der Waals surface area contributed by atoms with E-state index in [1.165, 1.54) is 6.42 Å². The number of ether oxygens (including phenoxy) is 1. The lowest BCUT2D eigenvalue weighted by atomic mass is 9.82. The summed E-state index contributed by atoms with van der Waals surface area (Å²) < 4.78 is 5.24. The Balaban J connectivity index is 1.64. The van der Waals surface area contributed by atoms with Crippen LogP contribution in [0, 0.1) is 11.8 Å². The fourth-order valence-electron chi connectivity index (χ4n) is 5.23. The number of carboxylic acids is 1. The van der Waals surface area contributed by atoms with Gasteiger partial charge < -0.3 is 20.1 Å². The summed E-state index contributed by atoms with van der Waals surface area (Å²) >= 11 is 0. The number of amides is 2. The molecule has 2 amide bonds. The molecule has 2 aliphatic heterocycles. The first-order chi connectivity index (χ1) is 13.2. The summed E-state index contributed by atoms with van der Waals surface area (Å²) in [5, 5.41) is 12.2. The van der Waals surface area contributed by atoms with Crippen LogP contribution in [0.25, 0.3) is 0 Å². The molecule has 3 fully saturated rings. The molecule has 0 spiro atoms. The van der Waals surface area contributed by atoms with E-state index in [0.717, 1.165) is 38.5 Å². The number of hydrogen-bond acceptors (Lipinski definition) is 4. The zero-order chi connectivity index (χ0) is 20.5. The van der Waals surface area contributed by atoms with Gasteiger partial charge in [0.1, 0.15) is 11.6 Å². The molecule has 0 aromatic carbocycles. The maximum absolute atomic E-state index is 13.1. The van der Waals surface area contributed by atoms with Gasteiger partial charge in [-0.05, 0) is 65.2 Å². The van der Waals surface area contributed by atoms with Gasteiger partial charge in [-0.2, -0.15) is 0 Å². The van der Waals surface area contributed by atoms with E-state index in [-0.39, 0.29) is 29.8 Å². The van der Waals surface area contributed by atoms with Crippen molar-refractivity contribution in [3.8, 4) is 0 Å². The topological polar surface area (TPSA) is 95.9 Å². The molecule has 0 radical (unpaired) electrons. The average molecular weight is 395 g/mol. The van der Waals surface area contributed by atoms with Crippen molar-refractivity contribution in [2.24, 2.45) is 11.8 Å². The number of aliphatic carboxylic acids is 1. The number of nitrogens with one attached hydrogen (secondary N) is 1. The molecule has 1 aliphatic carbocycles. The third-order valence-corrected chi connectivity index (χ3v) is 6.39. The van der Waals surface area contributed by atoms with Gasteiger partial charge in [0.15, 0.2) is 0 Å². The van der Waals surface area contributed by atoms with E-state index in [9.17, 15) is 19.5 Å². The van der Waals surface area contributed by atoms with E-state index in [1.807, 2.05) is 0 Å². The van der Waals surface area contributed by atoms with Crippen LogP contribution in [-0.4, -0.2) is 51.7 Å². The van der Waals surface area contributed by atoms with Crippen molar-refractivity contribution >= 4 is 18.0 Å². The summed E-state index contributed by atoms with van der Waals surface area (Å²) in [6, 6.07) is -0.786. The standard InChI is InChI=1S/C21H34N2O5/c1-21(2,3)28-20(27)22-17(19(25)26)14-11-15-9-10-16(12-14)23(15)18(24)13-7-5-4-6-8-13/h13-17H,4-12H2,1-3H3,(H,22,27)(H,25,26)/t14?,15?,16?,17-/m0/s1. The monoisotopic (exact) mass is 394 g/mol. The molecule has 2 N–H and O–H groups in total. The number of hydrogen-bond donors (Lipinski definition) is 2. The maximum atomic E-state index is 13.1. The molecular weight excluding hydrogens is 360 g/mol. The Labute approximate surface area is 167 Å². The molecule has 0 aromatic rings. The van der Waals surface area contributed by atoms with Crippen molar-refractivity contribution in [3.63, 3.8) is 0 Å². The van der Waals surface area contributed by atoms with E-state index in [1.54, 1.807) is 20.8 Å². The number of alkyl carbamates (subject to hydrolysis) is 1. The van der Waals surface area contributed by atoms with Gasteiger partial charge in [0.2, 0.25) is 5.91 Å². The largest absolute Gasteiger partial charge is 0.480 e. The molecule has 28 heavy (non-hydrogen) atoms. The van der Waals surface area contributed by atoms with Crippen LogP contribution in [0.4, 0.5) is 4.79 Å². The quantitative estimate of drug-likeness (QED) is 0.763. The second kappa shape index (κ2) is 8.29. The molecule has 2 saturated heterocycles. The second-order valence-corrected chi connectivity index (χ2v) is 9.66. The lowest BCUT2D eigenvalue weighted by molar-refractivity contribution is -0.145. The molecule has 3 rings (SSSR count). The number of carboxylic acid groups (broad SMARTS) is 1. The normalized spacial score (nSPS) is 29.2. The minimum Gasteiger partial charge on any atom is -0.480 e. The average Bonchev–Trinajstić information content (AvgIpc) is 2.87. The molecule has 7 nitrogen and oxygen atoms in total. The Morgan fingerprint density at radius 2 is 1.57 bits per heavy atom. The predicted molar refractivity (Wildman–Crippen MR) is 104 cm³/mol. The van der Waals surface area contributed by atoms with Crippen LogP contribution in [0.3, 0.4) is 0 Å². The highest BCUT2D eigenvalue weighted by atomic mass is 16.6. The van der Waals surface area contributed by atoms with Crippen LogP contribution in [0.1, 0.15) is 78.6 Å². The van der Waals surface area contributed by atoms with Crippen molar-refractivity contribution in [1.82, 2.24) is 10.2 Å². The van der Waals surface area contributed by atoms with E-state index in [4.69, 9.17) is 4.74 Å². The Hall–Kier alpha value is -1.79. The molecule has 3 atom stereocenters. The van der Waals surface area contributed by atoms with E-state index >= 15 is 0 Å². The Kier molecular flexibility index (Phi) is 6.20. The smallest absolute Gasteiger partial charge is 0.408 e. The van der Waals surface area contributed by atoms with Crippen LogP contribution < -0.4 is 5.32 Å². The third-order valence-electron chi connectivity index (χ3n) is 6.39. The van der Waals surface area contributed by atoms with Gasteiger partial charge >= 0.3 is 12.1 Å². The summed E-state index contributed by atoms with van der Waals surface area (Å²) in [5.41, 5.74) is -0.679. The van der Waals surface area contributed by atoms with Crippen LogP contribution in [-0.2, 0) is 14.3 Å². The van der Waals surface area contributed by atoms with E-state index < -0.39 is 23.7 Å². The summed E-state index contributed by atoms with van der Waals surface area (Å²) in [7, 11) is 0. The highest BCUT2D eigenvalue weighted by Crippen LogP contribution is 2.42. The van der Waals surface area contributed by atoms with Gasteiger partial charge in [0.25, 0.3) is 0 Å². The van der Waals surface area contributed by atoms with Crippen molar-refractivity contribution < 1.29 is 24.2 Å². The van der Waals surface area contributed by atoms with Crippen molar-refractivity contribution in [3.05, 3.63) is 0 Å². The fraction of sp³-hybridized carbons (Fsp3) is 0.857. The molecule has 2 unspecified atom stereocenters. The maximum Gasteiger partial charge on any atom is 0.408 e. The van der Waals surface area contributed by atoms with Crippen LogP contribution in [0.15, 0.2) is 0 Å². The first-order valence-corrected chi connectivity index (χ1v) is 10.7. The molecule has 0 aromatic heterocycles. The summed E-state index contributed by atoms with van der Waals surface area (Å²) in [6.45, 7) is 5.24. The Morgan fingerprint density at radius 3 is 2.07 bits per heavy atom. The number of fused-ring (bicyclic) bond motifs is 2. The minimum atomic E-state index is -1.04. The van der Waals surface area contributed by atoms with Crippen molar-refractivity contribution in [1.29, 1.82) is 0 Å². The Bertz CT molecular complexity index is 594. The highest BCUT2D eigenvalue weighted by Gasteiger charge is 2.48. The first-order valence-electron chi connectivity index (χ1n) is 10.7. The number of carbonyl (C=O) groups excluding carboxylic acids is 2. The molecule has 158 valence electrons. The van der Waals surface area contributed by atoms with Gasteiger partial charge in [-0.3, -0.25) is 4.79 Å². The predicted octanol–water partition coefficient (Wildman–Crippen LogP) is 3.31.